The molecule has 0 unspecified atom stereocenters. The number of carbonyl (C=O) groups excluding carboxylic acids is 1. The van der Waals surface area contributed by atoms with Crippen LogP contribution >= 0.6 is 0 Å². The van der Waals surface area contributed by atoms with Gasteiger partial charge < -0.3 is 14.6 Å². The summed E-state index contributed by atoms with van der Waals surface area (Å²) in [5.74, 6) is -0.328. The third-order valence-corrected chi connectivity index (χ3v) is 6.07. The molecule has 1 atom stereocenters. The number of hydrogen-bond donors (Lipinski definition) is 1. The van der Waals surface area contributed by atoms with Gasteiger partial charge in [0.1, 0.15) is 5.65 Å². The van der Waals surface area contributed by atoms with E-state index >= 15 is 0 Å². The van der Waals surface area contributed by atoms with Crippen molar-refractivity contribution in [2.24, 2.45) is 0 Å². The van der Waals surface area contributed by atoms with Crippen molar-refractivity contribution in [3.8, 4) is 0 Å². The summed E-state index contributed by atoms with van der Waals surface area (Å²) >= 11 is 0. The zero-order valence-corrected chi connectivity index (χ0v) is 18.8. The fraction of sp³-hybridized carbons (Fsp3) is 0.280. The van der Waals surface area contributed by atoms with Gasteiger partial charge in [0.05, 0.1) is 17.0 Å². The lowest BCUT2D eigenvalue weighted by Crippen LogP contribution is -2.48. The molecule has 2 aromatic rings. The molecule has 1 saturated heterocycles. The smallest absolute Gasteiger partial charge is 0.368 e. The standard InChI is InChI=1S/C25H24F3N5O/c1-16-12-31(9-8-29-16)21-7-6-20-5-3-4-18(11-23(34)33(20)15-21)19-10-22(25(26,27)28)24-30-17(2)13-32(24)14-19/h3-7,10-11,13-16,29H,8-9,12H2,1-2H3/b4-3?,18-11?,20-5+/t16-/m0/s1. The molecule has 176 valence electrons. The maximum absolute atomic E-state index is 13.8. The maximum Gasteiger partial charge on any atom is 0.420 e. The van der Waals surface area contributed by atoms with Crippen molar-refractivity contribution in [3.63, 3.8) is 0 Å². The van der Waals surface area contributed by atoms with E-state index in [4.69, 9.17) is 0 Å². The normalized spacial score (nSPS) is 22.7. The van der Waals surface area contributed by atoms with Gasteiger partial charge in [-0.1, -0.05) is 12.2 Å². The minimum Gasteiger partial charge on any atom is -0.368 e. The van der Waals surface area contributed by atoms with Gasteiger partial charge >= 0.3 is 6.18 Å². The Morgan fingerprint density at radius 3 is 2.71 bits per heavy atom. The summed E-state index contributed by atoms with van der Waals surface area (Å²) in [5, 5.41) is 3.40. The summed E-state index contributed by atoms with van der Waals surface area (Å²) < 4.78 is 42.7. The molecule has 0 aromatic carbocycles. The Balaban J connectivity index is 1.53. The molecule has 0 spiro atoms. The van der Waals surface area contributed by atoms with Gasteiger partial charge in [-0.3, -0.25) is 9.69 Å². The Kier molecular flexibility index (Phi) is 5.44. The summed E-state index contributed by atoms with van der Waals surface area (Å²) in [6.45, 7) is 6.26. The first kappa shape index (κ1) is 22.2. The first-order valence-electron chi connectivity index (χ1n) is 11.1. The van der Waals surface area contributed by atoms with Crippen LogP contribution in [-0.2, 0) is 11.0 Å². The highest BCUT2D eigenvalue weighted by Crippen LogP contribution is 2.35. The van der Waals surface area contributed by atoms with Crippen LogP contribution in [0.4, 0.5) is 13.2 Å². The fourth-order valence-corrected chi connectivity index (χ4v) is 4.45. The summed E-state index contributed by atoms with van der Waals surface area (Å²) in [6.07, 6.45) is 10.7. The van der Waals surface area contributed by atoms with Crippen molar-refractivity contribution in [1.29, 1.82) is 0 Å². The average Bonchev–Trinajstić information content (AvgIpc) is 3.15. The lowest BCUT2D eigenvalue weighted by Gasteiger charge is -2.36. The van der Waals surface area contributed by atoms with Gasteiger partial charge in [-0.15, -0.1) is 0 Å². The molecular weight excluding hydrogens is 443 g/mol. The van der Waals surface area contributed by atoms with Crippen LogP contribution in [0, 0.1) is 6.92 Å². The number of pyridine rings is 1. The number of nitrogens with zero attached hydrogens (tertiary/aromatic N) is 4. The summed E-state index contributed by atoms with van der Waals surface area (Å²) in [7, 11) is 0. The summed E-state index contributed by atoms with van der Waals surface area (Å²) in [5.41, 5.74) is 1.78. The van der Waals surface area contributed by atoms with Gasteiger partial charge in [-0.2, -0.15) is 13.2 Å². The molecule has 5 heterocycles. The first-order valence-corrected chi connectivity index (χ1v) is 11.1. The number of nitrogens with one attached hydrogen (secondary N) is 1. The lowest BCUT2D eigenvalue weighted by atomic mass is 10.0. The molecule has 0 bridgehead atoms. The molecule has 3 aliphatic rings. The van der Waals surface area contributed by atoms with E-state index in [1.807, 2.05) is 12.2 Å². The van der Waals surface area contributed by atoms with E-state index in [0.717, 1.165) is 31.4 Å². The van der Waals surface area contributed by atoms with E-state index in [1.54, 1.807) is 43.7 Å². The largest absolute Gasteiger partial charge is 0.420 e. The molecule has 5 rings (SSSR count). The Labute approximate surface area is 195 Å². The molecule has 1 fully saturated rings. The highest BCUT2D eigenvalue weighted by atomic mass is 19.4. The molecule has 1 N–H and O–H groups in total. The van der Waals surface area contributed by atoms with Crippen LogP contribution in [0.1, 0.15) is 23.7 Å². The van der Waals surface area contributed by atoms with Crippen LogP contribution in [0.15, 0.2) is 72.5 Å². The molecule has 1 amide bonds. The molecule has 9 heteroatoms. The summed E-state index contributed by atoms with van der Waals surface area (Å²) in [6, 6.07) is 1.39. The van der Waals surface area contributed by atoms with Gasteiger partial charge in [0.15, 0.2) is 0 Å². The molecule has 2 aromatic heterocycles. The van der Waals surface area contributed by atoms with Crippen LogP contribution in [0.2, 0.25) is 0 Å². The molecule has 6 nitrogen and oxygen atoms in total. The maximum atomic E-state index is 13.8. The number of imidazole rings is 1. The van der Waals surface area contributed by atoms with Gasteiger partial charge in [-0.05, 0) is 49.3 Å². The van der Waals surface area contributed by atoms with Crippen molar-refractivity contribution in [2.45, 2.75) is 26.1 Å². The van der Waals surface area contributed by atoms with Gasteiger partial charge in [0, 0.05) is 56.0 Å². The molecule has 34 heavy (non-hydrogen) atoms. The van der Waals surface area contributed by atoms with Gasteiger partial charge in [0.25, 0.3) is 5.91 Å². The first-order chi connectivity index (χ1) is 16.2. The van der Waals surface area contributed by atoms with Gasteiger partial charge in [0.2, 0.25) is 0 Å². The Bertz CT molecular complexity index is 1310. The zero-order valence-electron chi connectivity index (χ0n) is 18.8. The minimum atomic E-state index is -4.58. The molecule has 0 aliphatic carbocycles. The second-order valence-electron chi connectivity index (χ2n) is 8.70. The van der Waals surface area contributed by atoms with Crippen molar-refractivity contribution >= 4 is 17.1 Å². The van der Waals surface area contributed by atoms with E-state index in [0.29, 0.717) is 23.0 Å². The number of carbonyl (C=O) groups is 1. The van der Waals surface area contributed by atoms with Crippen molar-refractivity contribution < 1.29 is 18.0 Å². The van der Waals surface area contributed by atoms with Crippen molar-refractivity contribution in [1.82, 2.24) is 24.5 Å². The van der Waals surface area contributed by atoms with Crippen molar-refractivity contribution in [3.05, 3.63) is 89.3 Å². The van der Waals surface area contributed by atoms with Crippen LogP contribution in [0.3, 0.4) is 0 Å². The lowest BCUT2D eigenvalue weighted by molar-refractivity contribution is -0.136. The molecule has 0 saturated carbocycles. The van der Waals surface area contributed by atoms with Crippen molar-refractivity contribution in [2.75, 3.05) is 19.6 Å². The van der Waals surface area contributed by atoms with Crippen LogP contribution in [0.5, 0.6) is 0 Å². The summed E-state index contributed by atoms with van der Waals surface area (Å²) in [4.78, 5) is 21.0. The van der Waals surface area contributed by atoms with Gasteiger partial charge in [-0.25, -0.2) is 4.98 Å². The number of aromatic nitrogens is 2. The Hall–Kier alpha value is -3.59. The highest BCUT2D eigenvalue weighted by Gasteiger charge is 2.35. The van der Waals surface area contributed by atoms with Crippen LogP contribution < -0.4 is 5.32 Å². The number of fused-ring (bicyclic) bond motifs is 2. The minimum absolute atomic E-state index is 0.156. The van der Waals surface area contributed by atoms with E-state index in [1.165, 1.54) is 15.4 Å². The van der Waals surface area contributed by atoms with Crippen LogP contribution in [-0.4, -0.2) is 50.8 Å². The number of amides is 1. The number of piperazine rings is 1. The number of aryl methyl sites for hydroxylation is 1. The highest BCUT2D eigenvalue weighted by molar-refractivity contribution is 6.00. The number of allylic oxidation sites excluding steroid dienone is 6. The van der Waals surface area contributed by atoms with E-state index in [-0.39, 0.29) is 17.1 Å². The topological polar surface area (TPSA) is 52.9 Å². The predicted octanol–water partition coefficient (Wildman–Crippen LogP) is 4.03. The predicted molar refractivity (Wildman–Crippen MR) is 123 cm³/mol. The second kappa shape index (κ2) is 8.32. The molecular formula is C25H24F3N5O. The quantitative estimate of drug-likeness (QED) is 0.725. The molecule has 3 aliphatic heterocycles. The number of alkyl halides is 3. The number of halogens is 3. The zero-order chi connectivity index (χ0) is 24.0. The third-order valence-electron chi connectivity index (χ3n) is 6.07. The third kappa shape index (κ3) is 4.19. The fourth-order valence-electron chi connectivity index (χ4n) is 4.45. The number of rotatable bonds is 2. The van der Waals surface area contributed by atoms with E-state index in [2.05, 4.69) is 22.1 Å². The van der Waals surface area contributed by atoms with E-state index < -0.39 is 11.7 Å². The monoisotopic (exact) mass is 467 g/mol. The Morgan fingerprint density at radius 1 is 1.15 bits per heavy atom. The Morgan fingerprint density at radius 2 is 1.94 bits per heavy atom. The second-order valence-corrected chi connectivity index (χ2v) is 8.70. The molecule has 0 radical (unpaired) electrons. The SMILES string of the molecule is Cc1cn2cc(C3=CC(=O)N4C=C(N5CCN[C@@H](C)C5)C=C/C4=C\C=C3)cc(C(F)(F)F)c2n1. The van der Waals surface area contributed by atoms with E-state index in [9.17, 15) is 18.0 Å². The average molecular weight is 467 g/mol. The number of hydrogen-bond acceptors (Lipinski definition) is 4. The van der Waals surface area contributed by atoms with Crippen LogP contribution in [0.25, 0.3) is 11.2 Å².